The van der Waals surface area contributed by atoms with Crippen LogP contribution in [0.15, 0.2) is 0 Å². The maximum atomic E-state index is 10.5. The predicted octanol–water partition coefficient (Wildman–Crippen LogP) is 1.72. The van der Waals surface area contributed by atoms with Crippen LogP contribution < -0.4 is 27.4 Å². The van der Waals surface area contributed by atoms with E-state index in [0.717, 1.165) is 77.8 Å². The number of hydrogen-bond donors (Lipinski definition) is 5. The van der Waals surface area contributed by atoms with Crippen LogP contribution >= 0.6 is 46.0 Å². The Morgan fingerprint density at radius 1 is 0.871 bits per heavy atom. The maximum absolute atomic E-state index is 10.5. The largest absolute Gasteiger partial charge is 0.393 e. The molecule has 3 saturated heterocycles. The third-order valence-electron chi connectivity index (χ3n) is 5.00. The van der Waals surface area contributed by atoms with Crippen molar-refractivity contribution in [2.24, 2.45) is 29.2 Å². The summed E-state index contributed by atoms with van der Waals surface area (Å²) < 4.78 is 9.09. The number of rotatable bonds is 2. The van der Waals surface area contributed by atoms with Crippen molar-refractivity contribution in [3.8, 4) is 6.07 Å². The lowest BCUT2D eigenvalue weighted by atomic mass is 9.98. The SMILES string of the molecule is Cl.N#CC1CCNCC1.NC(=O)C1CCNCC1.NC(=S)C1CCNCC1.O=S(Cl)Cl. The van der Waals surface area contributed by atoms with Gasteiger partial charge in [0.05, 0.1) is 11.1 Å². The molecule has 0 aliphatic carbocycles. The Hall–Kier alpha value is -0.250. The van der Waals surface area contributed by atoms with Crippen molar-refractivity contribution in [1.29, 1.82) is 5.26 Å². The first kappa shape index (κ1) is 32.9. The maximum Gasteiger partial charge on any atom is 0.220 e. The van der Waals surface area contributed by atoms with E-state index in [0.29, 0.717) is 16.8 Å². The van der Waals surface area contributed by atoms with Crippen molar-refractivity contribution in [1.82, 2.24) is 16.0 Å². The number of carbonyl (C=O) groups is 1. The molecule has 0 spiro atoms. The summed E-state index contributed by atoms with van der Waals surface area (Å²) in [7, 11) is 7.36. The van der Waals surface area contributed by atoms with Crippen molar-refractivity contribution in [3.05, 3.63) is 0 Å². The van der Waals surface area contributed by atoms with Crippen molar-refractivity contribution >= 4 is 66.1 Å². The molecule has 7 N–H and O–H groups in total. The Kier molecular flexibility index (Phi) is 22.9. The Morgan fingerprint density at radius 2 is 1.19 bits per heavy atom. The van der Waals surface area contributed by atoms with Crippen LogP contribution in [0, 0.1) is 29.1 Å². The number of amides is 1. The van der Waals surface area contributed by atoms with E-state index in [4.69, 9.17) is 33.2 Å². The van der Waals surface area contributed by atoms with E-state index in [1.54, 1.807) is 0 Å². The molecule has 13 heteroatoms. The molecule has 0 saturated carbocycles. The smallest absolute Gasteiger partial charge is 0.220 e. The average molecular weight is 538 g/mol. The molecule has 182 valence electrons. The second-order valence-electron chi connectivity index (χ2n) is 7.19. The molecule has 0 aromatic carbocycles. The van der Waals surface area contributed by atoms with Gasteiger partial charge >= 0.3 is 0 Å². The molecule has 3 rings (SSSR count). The summed E-state index contributed by atoms with van der Waals surface area (Å²) in [6.45, 7) is 6.07. The van der Waals surface area contributed by atoms with E-state index in [1.165, 1.54) is 0 Å². The van der Waals surface area contributed by atoms with Crippen molar-refractivity contribution < 1.29 is 9.00 Å². The highest BCUT2D eigenvalue weighted by Gasteiger charge is 2.17. The fourth-order valence-electron chi connectivity index (χ4n) is 3.16. The molecule has 0 bridgehead atoms. The highest BCUT2D eigenvalue weighted by molar-refractivity contribution is 8.26. The van der Waals surface area contributed by atoms with Crippen LogP contribution in [-0.2, 0) is 14.0 Å². The van der Waals surface area contributed by atoms with Crippen LogP contribution in [-0.4, -0.2) is 54.4 Å². The first-order valence-electron chi connectivity index (χ1n) is 10.1. The standard InChI is InChI=1S/C6H12N2O.C6H12N2S.C6H10N2.Cl2OS.ClH/c2*7-6(9)5-1-3-8-4-2-5;7-5-6-1-3-8-4-2-6;1-4(2)3;/h2*5,8H,1-4H2,(H2,7,9);6,8H,1-4H2;;1H. The van der Waals surface area contributed by atoms with E-state index >= 15 is 0 Å². The number of nitrogens with zero attached hydrogens (tertiary/aromatic N) is 1. The van der Waals surface area contributed by atoms with Crippen LogP contribution in [0.5, 0.6) is 0 Å². The molecular formula is C18H35Cl3N6O2S2. The molecule has 3 aliphatic rings. The minimum atomic E-state index is -1.67. The minimum absolute atomic E-state index is 0. The Bertz CT molecular complexity index is 519. The number of halogens is 3. The van der Waals surface area contributed by atoms with Gasteiger partial charge in [0.1, 0.15) is 0 Å². The van der Waals surface area contributed by atoms with Crippen molar-refractivity contribution in [3.63, 3.8) is 0 Å². The molecule has 0 atom stereocenters. The third-order valence-corrected chi connectivity index (χ3v) is 5.34. The van der Waals surface area contributed by atoms with Gasteiger partial charge < -0.3 is 27.4 Å². The lowest BCUT2D eigenvalue weighted by molar-refractivity contribution is -0.122. The fourth-order valence-corrected chi connectivity index (χ4v) is 3.40. The number of nitrogens with two attached hydrogens (primary N) is 2. The molecule has 0 radical (unpaired) electrons. The van der Waals surface area contributed by atoms with E-state index in [-0.39, 0.29) is 24.2 Å². The summed E-state index contributed by atoms with van der Waals surface area (Å²) in [4.78, 5) is 11.2. The highest BCUT2D eigenvalue weighted by Crippen LogP contribution is 2.11. The number of hydrogen-bond acceptors (Lipinski definition) is 7. The van der Waals surface area contributed by atoms with Gasteiger partial charge in [0, 0.05) is 39.1 Å². The number of carbonyl (C=O) groups excluding carboxylic acids is 1. The Morgan fingerprint density at radius 3 is 1.39 bits per heavy atom. The number of piperidine rings is 3. The molecule has 8 nitrogen and oxygen atoms in total. The molecule has 3 heterocycles. The van der Waals surface area contributed by atoms with Crippen LogP contribution in [0.25, 0.3) is 0 Å². The van der Waals surface area contributed by atoms with Gasteiger partial charge in [-0.25, -0.2) is 4.21 Å². The van der Waals surface area contributed by atoms with Gasteiger partial charge in [0.25, 0.3) is 0 Å². The summed E-state index contributed by atoms with van der Waals surface area (Å²) in [5.41, 5.74) is 10.6. The van der Waals surface area contributed by atoms with Crippen LogP contribution in [0.3, 0.4) is 0 Å². The Balaban J connectivity index is 0. The molecule has 31 heavy (non-hydrogen) atoms. The minimum Gasteiger partial charge on any atom is -0.393 e. The molecule has 3 fully saturated rings. The highest BCUT2D eigenvalue weighted by atomic mass is 36.0. The zero-order valence-electron chi connectivity index (χ0n) is 17.6. The van der Waals surface area contributed by atoms with E-state index in [2.05, 4.69) is 43.4 Å². The molecule has 3 aliphatic heterocycles. The predicted molar refractivity (Wildman–Crippen MR) is 135 cm³/mol. The molecular weight excluding hydrogens is 503 g/mol. The first-order valence-corrected chi connectivity index (χ1v) is 13.3. The monoisotopic (exact) mass is 536 g/mol. The lowest BCUT2D eigenvalue weighted by Gasteiger charge is -2.20. The summed E-state index contributed by atoms with van der Waals surface area (Å²) >= 11 is 4.87. The Labute approximate surface area is 208 Å². The second kappa shape index (κ2) is 21.6. The average Bonchev–Trinajstić information content (AvgIpc) is 2.76. The molecule has 0 aromatic heterocycles. The van der Waals surface area contributed by atoms with Crippen molar-refractivity contribution in [2.75, 3.05) is 39.3 Å². The quantitative estimate of drug-likeness (QED) is 0.264. The first-order chi connectivity index (χ1) is 14.3. The molecule has 1 amide bonds. The fraction of sp³-hybridized carbons (Fsp3) is 0.833. The van der Waals surface area contributed by atoms with Crippen LogP contribution in [0.2, 0.25) is 0 Å². The van der Waals surface area contributed by atoms with Crippen molar-refractivity contribution in [2.45, 2.75) is 38.5 Å². The number of nitriles is 1. The van der Waals surface area contributed by atoms with Gasteiger partial charge in [0.2, 0.25) is 15.1 Å². The normalized spacial score (nSPS) is 19.5. The van der Waals surface area contributed by atoms with Crippen LogP contribution in [0.4, 0.5) is 0 Å². The second-order valence-corrected chi connectivity index (χ2v) is 10.2. The van der Waals surface area contributed by atoms with E-state index in [9.17, 15) is 4.79 Å². The molecule has 0 unspecified atom stereocenters. The molecule has 0 aromatic rings. The van der Waals surface area contributed by atoms with Gasteiger partial charge in [-0.05, 0) is 77.8 Å². The van der Waals surface area contributed by atoms with E-state index in [1.807, 2.05) is 0 Å². The zero-order chi connectivity index (χ0) is 22.8. The summed E-state index contributed by atoms with van der Waals surface area (Å²) in [5, 5.41) is 18.0. The topological polar surface area (TPSA) is 146 Å². The van der Waals surface area contributed by atoms with Gasteiger partial charge in [-0.15, -0.1) is 12.4 Å². The summed E-state index contributed by atoms with van der Waals surface area (Å²) in [5.74, 6) is 0.820. The van der Waals surface area contributed by atoms with Crippen LogP contribution in [0.1, 0.15) is 38.5 Å². The van der Waals surface area contributed by atoms with E-state index < -0.39 is 9.23 Å². The number of nitrogens with one attached hydrogen (secondary N) is 3. The lowest BCUT2D eigenvalue weighted by Crippen LogP contribution is -2.34. The number of primary amides is 1. The summed E-state index contributed by atoms with van der Waals surface area (Å²) in [6.07, 6.45) is 6.14. The van der Waals surface area contributed by atoms with Gasteiger partial charge in [-0.1, -0.05) is 12.2 Å². The van der Waals surface area contributed by atoms with Gasteiger partial charge in [-0.3, -0.25) is 4.79 Å². The summed E-state index contributed by atoms with van der Waals surface area (Å²) in [6, 6.07) is 2.26. The van der Waals surface area contributed by atoms with Gasteiger partial charge in [-0.2, -0.15) is 5.26 Å². The van der Waals surface area contributed by atoms with Gasteiger partial charge in [0.15, 0.2) is 0 Å². The third kappa shape index (κ3) is 20.1. The zero-order valence-corrected chi connectivity index (χ0v) is 21.6. The number of thiocarbonyl (C=S) groups is 1.